The Morgan fingerprint density at radius 2 is 1.81 bits per heavy atom. The predicted octanol–water partition coefficient (Wildman–Crippen LogP) is 2.82. The summed E-state index contributed by atoms with van der Waals surface area (Å²) in [5, 5.41) is 21.6. The number of aromatic amines is 1. The summed E-state index contributed by atoms with van der Waals surface area (Å²) in [5.41, 5.74) is 9.52. The Kier molecular flexibility index (Phi) is 5.97. The Hall–Kier alpha value is -4.85. The molecule has 2 fully saturated rings. The largest absolute Gasteiger partial charge is 0.506 e. The lowest BCUT2D eigenvalue weighted by Gasteiger charge is -2.38. The third kappa shape index (κ3) is 4.17. The first-order valence-corrected chi connectivity index (χ1v) is 15.4. The number of nitrogens with two attached hydrogens (primary N) is 1. The Bertz CT molecular complexity index is 1930. The highest BCUT2D eigenvalue weighted by molar-refractivity contribution is 7.91. The van der Waals surface area contributed by atoms with Crippen LogP contribution in [0.25, 0.3) is 28.0 Å². The second-order valence-electron chi connectivity index (χ2n) is 10.8. The molecule has 4 N–H and O–H groups in total. The van der Waals surface area contributed by atoms with Gasteiger partial charge in [0.15, 0.2) is 15.5 Å². The summed E-state index contributed by atoms with van der Waals surface area (Å²) in [5.74, 6) is -0.333. The Morgan fingerprint density at radius 1 is 1.07 bits per heavy atom. The van der Waals surface area contributed by atoms with Gasteiger partial charge in [-0.2, -0.15) is 14.7 Å². The van der Waals surface area contributed by atoms with Crippen LogP contribution in [0.4, 0.5) is 5.82 Å². The molecule has 1 unspecified atom stereocenters. The Labute approximate surface area is 240 Å². The van der Waals surface area contributed by atoms with E-state index in [0.29, 0.717) is 41.0 Å². The number of piperidine rings is 1. The first-order chi connectivity index (χ1) is 20.2. The molecular formula is C28H27N9O4S. The van der Waals surface area contributed by atoms with E-state index < -0.39 is 9.84 Å². The predicted molar refractivity (Wildman–Crippen MR) is 152 cm³/mol. The van der Waals surface area contributed by atoms with E-state index in [2.05, 4.69) is 25.3 Å². The molecule has 42 heavy (non-hydrogen) atoms. The maximum absolute atomic E-state index is 13.2. The Morgan fingerprint density at radius 3 is 2.45 bits per heavy atom. The number of benzene rings is 1. The highest BCUT2D eigenvalue weighted by Gasteiger charge is 2.46. The maximum Gasteiger partial charge on any atom is 0.291 e. The average molecular weight is 586 g/mol. The fraction of sp³-hybridized carbons (Fsp3) is 0.286. The normalized spacial score (nSPS) is 20.3. The van der Waals surface area contributed by atoms with Crippen LogP contribution >= 0.6 is 0 Å². The number of fused-ring (bicyclic) bond motifs is 3. The lowest BCUT2D eigenvalue weighted by atomic mass is 9.87. The number of pyridine rings is 1. The lowest BCUT2D eigenvalue weighted by molar-refractivity contribution is 0.0556. The number of anilines is 1. The van der Waals surface area contributed by atoms with E-state index in [0.717, 1.165) is 24.7 Å². The molecule has 3 atom stereocenters. The molecule has 2 bridgehead atoms. The van der Waals surface area contributed by atoms with Crippen molar-refractivity contribution in [2.45, 2.75) is 48.6 Å². The van der Waals surface area contributed by atoms with Crippen molar-refractivity contribution in [2.75, 3.05) is 12.0 Å². The van der Waals surface area contributed by atoms with Crippen molar-refractivity contribution in [1.82, 2.24) is 39.7 Å². The van der Waals surface area contributed by atoms with Crippen LogP contribution in [0.1, 0.15) is 47.9 Å². The Balaban J connectivity index is 1.30. The summed E-state index contributed by atoms with van der Waals surface area (Å²) in [6.07, 6.45) is 8.22. The van der Waals surface area contributed by atoms with Gasteiger partial charge in [-0.25, -0.2) is 18.4 Å². The number of hydrogen-bond acceptors (Lipinski definition) is 10. The van der Waals surface area contributed by atoms with Crippen molar-refractivity contribution in [1.29, 1.82) is 0 Å². The quantitative estimate of drug-likeness (QED) is 0.277. The molecule has 214 valence electrons. The monoisotopic (exact) mass is 585 g/mol. The van der Waals surface area contributed by atoms with Crippen LogP contribution in [0, 0.1) is 0 Å². The maximum atomic E-state index is 13.2. The van der Waals surface area contributed by atoms with Crippen molar-refractivity contribution in [3.05, 3.63) is 66.6 Å². The van der Waals surface area contributed by atoms with E-state index in [1.807, 2.05) is 35.2 Å². The van der Waals surface area contributed by atoms with Gasteiger partial charge in [-0.3, -0.25) is 14.9 Å². The molecule has 0 aliphatic carbocycles. The number of hydrogen-bond donors (Lipinski definition) is 3. The standard InChI is InChI=1S/C28H27N9O4S/c1-42(40,41)24-23(16-9-18-7-8-19(10-16)36(18)28(39)26-31-14-32-35-26)34-27-20(13-33-37(27)25(24)29)17-11-21(38)22(30-12-17)15-5-3-2-4-6-15/h2-6,11-14,16,18-19,38H,7-10,29H2,1H3,(H,31,32,35)/t16?,18-,19+. The SMILES string of the molecule is CS(=O)(=O)c1c(C2C[C@H]3CC[C@@H](C2)N3C(=O)c2ncn[nH]2)nc2c(-c3cnc(-c4ccccc4)c(O)c3)cnn2c1N. The van der Waals surface area contributed by atoms with Crippen LogP contribution < -0.4 is 5.73 Å². The number of nitrogen functional groups attached to an aromatic ring is 1. The second kappa shape index (κ2) is 9.62. The van der Waals surface area contributed by atoms with Crippen molar-refractivity contribution >= 4 is 27.2 Å². The van der Waals surface area contributed by atoms with Crippen molar-refractivity contribution < 1.29 is 18.3 Å². The molecule has 1 amide bonds. The zero-order chi connectivity index (χ0) is 29.2. The molecule has 7 rings (SSSR count). The van der Waals surface area contributed by atoms with Crippen LogP contribution in [0.2, 0.25) is 0 Å². The minimum atomic E-state index is -3.79. The molecule has 0 spiro atoms. The van der Waals surface area contributed by atoms with Gasteiger partial charge < -0.3 is 15.7 Å². The lowest BCUT2D eigenvalue weighted by Crippen LogP contribution is -2.46. The molecule has 1 aromatic carbocycles. The number of aromatic nitrogens is 7. The molecule has 0 radical (unpaired) electrons. The van der Waals surface area contributed by atoms with Gasteiger partial charge in [0, 0.05) is 47.1 Å². The van der Waals surface area contributed by atoms with Gasteiger partial charge in [-0.05, 0) is 31.7 Å². The number of nitrogens with one attached hydrogen (secondary N) is 1. The molecule has 13 nitrogen and oxygen atoms in total. The number of carbonyl (C=O) groups is 1. The molecule has 2 aliphatic rings. The van der Waals surface area contributed by atoms with E-state index in [-0.39, 0.29) is 46.2 Å². The van der Waals surface area contributed by atoms with Gasteiger partial charge in [0.05, 0.1) is 11.9 Å². The zero-order valence-corrected chi connectivity index (χ0v) is 23.4. The van der Waals surface area contributed by atoms with Crippen LogP contribution in [0.5, 0.6) is 5.75 Å². The fourth-order valence-corrected chi connectivity index (χ4v) is 7.52. The average Bonchev–Trinajstić information content (AvgIpc) is 3.71. The van der Waals surface area contributed by atoms with E-state index in [1.54, 1.807) is 12.3 Å². The van der Waals surface area contributed by atoms with E-state index >= 15 is 0 Å². The minimum absolute atomic E-state index is 0.0145. The van der Waals surface area contributed by atoms with Crippen molar-refractivity contribution in [2.24, 2.45) is 0 Å². The van der Waals surface area contributed by atoms with Gasteiger partial charge in [0.25, 0.3) is 5.91 Å². The summed E-state index contributed by atoms with van der Waals surface area (Å²) < 4.78 is 27.5. The van der Waals surface area contributed by atoms with Crippen LogP contribution in [-0.4, -0.2) is 77.4 Å². The molecule has 2 saturated heterocycles. The van der Waals surface area contributed by atoms with Crippen molar-refractivity contribution in [3.63, 3.8) is 0 Å². The van der Waals surface area contributed by atoms with E-state index in [4.69, 9.17) is 10.7 Å². The van der Waals surface area contributed by atoms with Gasteiger partial charge in [-0.1, -0.05) is 30.3 Å². The van der Waals surface area contributed by atoms with Gasteiger partial charge >= 0.3 is 0 Å². The third-order valence-electron chi connectivity index (χ3n) is 8.23. The fourth-order valence-electron chi connectivity index (χ4n) is 6.46. The van der Waals surface area contributed by atoms with Crippen LogP contribution in [0.15, 0.2) is 60.0 Å². The molecular weight excluding hydrogens is 558 g/mol. The number of carbonyl (C=O) groups excluding carboxylic acids is 1. The van der Waals surface area contributed by atoms with Crippen LogP contribution in [-0.2, 0) is 9.84 Å². The highest BCUT2D eigenvalue weighted by atomic mass is 32.2. The van der Waals surface area contributed by atoms with Crippen molar-refractivity contribution in [3.8, 4) is 28.1 Å². The van der Waals surface area contributed by atoms with E-state index in [1.165, 1.54) is 17.0 Å². The summed E-state index contributed by atoms with van der Waals surface area (Å²) in [6, 6.07) is 10.7. The topological polar surface area (TPSA) is 185 Å². The summed E-state index contributed by atoms with van der Waals surface area (Å²) in [4.78, 5) is 28.3. The zero-order valence-electron chi connectivity index (χ0n) is 22.5. The number of sulfone groups is 1. The smallest absolute Gasteiger partial charge is 0.291 e. The molecule has 5 aromatic rings. The molecule has 0 saturated carbocycles. The molecule has 14 heteroatoms. The summed E-state index contributed by atoms with van der Waals surface area (Å²) in [6.45, 7) is 0. The molecule has 6 heterocycles. The number of nitrogens with zero attached hydrogens (tertiary/aromatic N) is 7. The number of aromatic hydroxyl groups is 1. The molecule has 2 aliphatic heterocycles. The highest BCUT2D eigenvalue weighted by Crippen LogP contribution is 2.46. The second-order valence-corrected chi connectivity index (χ2v) is 12.8. The molecule has 4 aromatic heterocycles. The summed E-state index contributed by atoms with van der Waals surface area (Å²) >= 11 is 0. The third-order valence-corrected chi connectivity index (χ3v) is 9.39. The van der Waals surface area contributed by atoms with Gasteiger partial charge in [0.2, 0.25) is 5.82 Å². The number of rotatable bonds is 5. The minimum Gasteiger partial charge on any atom is -0.506 e. The van der Waals surface area contributed by atoms with Crippen LogP contribution in [0.3, 0.4) is 0 Å². The summed E-state index contributed by atoms with van der Waals surface area (Å²) in [7, 11) is -3.79. The number of H-pyrrole nitrogens is 1. The van der Waals surface area contributed by atoms with E-state index in [9.17, 15) is 18.3 Å². The first-order valence-electron chi connectivity index (χ1n) is 13.5. The van der Waals surface area contributed by atoms with Gasteiger partial charge in [0.1, 0.15) is 28.5 Å². The van der Waals surface area contributed by atoms with Gasteiger partial charge in [-0.15, -0.1) is 0 Å². The first kappa shape index (κ1) is 26.1. The number of amides is 1.